The molecule has 1 aliphatic heterocycles. The quantitative estimate of drug-likeness (QED) is 0.753. The zero-order valence-electron chi connectivity index (χ0n) is 14.9. The molecule has 0 aliphatic carbocycles. The molecule has 0 radical (unpaired) electrons. The molecule has 1 aromatic heterocycles. The predicted octanol–water partition coefficient (Wildman–Crippen LogP) is 3.04. The third kappa shape index (κ3) is 3.40. The van der Waals surface area contributed by atoms with E-state index in [1.54, 1.807) is 6.07 Å². The van der Waals surface area contributed by atoms with Gasteiger partial charge in [0, 0.05) is 30.5 Å². The number of aromatic amines is 1. The summed E-state index contributed by atoms with van der Waals surface area (Å²) in [6.07, 6.45) is 0.330. The van der Waals surface area contributed by atoms with Crippen LogP contribution in [0.3, 0.4) is 0 Å². The van der Waals surface area contributed by atoms with Crippen LogP contribution in [-0.2, 0) is 11.3 Å². The average Bonchev–Trinajstić information content (AvgIpc) is 3.21. The summed E-state index contributed by atoms with van der Waals surface area (Å²) in [5.74, 6) is 0.469. The number of nitrogens with one attached hydrogen (secondary N) is 1. The number of halogens is 1. The molecule has 4 rings (SSSR count). The van der Waals surface area contributed by atoms with Gasteiger partial charge in [-0.05, 0) is 30.2 Å². The lowest BCUT2D eigenvalue weighted by molar-refractivity contribution is -0.128. The fourth-order valence-corrected chi connectivity index (χ4v) is 3.63. The molecule has 0 saturated carbocycles. The molecule has 1 saturated heterocycles. The van der Waals surface area contributed by atoms with E-state index >= 15 is 0 Å². The first-order valence-corrected chi connectivity index (χ1v) is 9.16. The van der Waals surface area contributed by atoms with E-state index in [0.717, 1.165) is 11.1 Å². The first kappa shape index (κ1) is 17.5. The van der Waals surface area contributed by atoms with E-state index in [9.17, 15) is 9.59 Å². The zero-order chi connectivity index (χ0) is 19.0. The molecule has 1 unspecified atom stereocenters. The van der Waals surface area contributed by atoms with Crippen LogP contribution in [-0.4, -0.2) is 32.1 Å². The molecule has 1 aliphatic rings. The third-order valence-corrected chi connectivity index (χ3v) is 5.32. The van der Waals surface area contributed by atoms with Crippen molar-refractivity contribution in [1.29, 1.82) is 0 Å². The van der Waals surface area contributed by atoms with Crippen LogP contribution in [0.4, 0.5) is 0 Å². The van der Waals surface area contributed by atoms with Gasteiger partial charge in [-0.3, -0.25) is 4.79 Å². The molecule has 138 valence electrons. The maximum Gasteiger partial charge on any atom is 0.347 e. The Morgan fingerprint density at radius 2 is 1.96 bits per heavy atom. The molecule has 1 atom stereocenters. The molecule has 1 N–H and O–H groups in total. The standard InChI is InChI=1S/C20H19ClN4O2/c1-13-7-8-16(10-17(13)21)25-19(22-23-20(25)27)15-9-18(26)24(12-15)11-14-5-3-2-4-6-14/h2-8,10,15H,9,11-12H2,1H3,(H,23,27). The Labute approximate surface area is 161 Å². The second-order valence-corrected chi connectivity index (χ2v) is 7.22. The van der Waals surface area contributed by atoms with Crippen LogP contribution in [0.5, 0.6) is 0 Å². The van der Waals surface area contributed by atoms with Gasteiger partial charge in [0.2, 0.25) is 5.91 Å². The largest absolute Gasteiger partial charge is 0.347 e. The van der Waals surface area contributed by atoms with Crippen molar-refractivity contribution in [2.24, 2.45) is 0 Å². The summed E-state index contributed by atoms with van der Waals surface area (Å²) in [5.41, 5.74) is 2.33. The van der Waals surface area contributed by atoms with Crippen molar-refractivity contribution >= 4 is 17.5 Å². The Bertz CT molecular complexity index is 1040. The van der Waals surface area contributed by atoms with E-state index in [-0.39, 0.29) is 17.5 Å². The van der Waals surface area contributed by atoms with E-state index in [1.807, 2.05) is 54.3 Å². The number of nitrogens with zero attached hydrogens (tertiary/aromatic N) is 3. The number of benzene rings is 2. The monoisotopic (exact) mass is 382 g/mol. The number of H-pyrrole nitrogens is 1. The topological polar surface area (TPSA) is 71.0 Å². The highest BCUT2D eigenvalue weighted by Gasteiger charge is 2.34. The van der Waals surface area contributed by atoms with E-state index in [4.69, 9.17) is 11.6 Å². The molecule has 1 fully saturated rings. The number of hydrogen-bond donors (Lipinski definition) is 1. The molecule has 27 heavy (non-hydrogen) atoms. The van der Waals surface area contributed by atoms with Crippen molar-refractivity contribution in [1.82, 2.24) is 19.7 Å². The number of rotatable bonds is 4. The zero-order valence-corrected chi connectivity index (χ0v) is 15.6. The fraction of sp³-hybridized carbons (Fsp3) is 0.250. The van der Waals surface area contributed by atoms with Gasteiger partial charge in [-0.15, -0.1) is 0 Å². The van der Waals surface area contributed by atoms with Crippen LogP contribution in [0.15, 0.2) is 53.3 Å². The summed E-state index contributed by atoms with van der Waals surface area (Å²) in [6.45, 7) is 2.99. The van der Waals surface area contributed by atoms with E-state index in [1.165, 1.54) is 4.57 Å². The van der Waals surface area contributed by atoms with Gasteiger partial charge in [0.15, 0.2) is 0 Å². The predicted molar refractivity (Wildman–Crippen MR) is 103 cm³/mol. The molecule has 1 amide bonds. The molecule has 2 heterocycles. The van der Waals surface area contributed by atoms with Gasteiger partial charge in [-0.2, -0.15) is 5.10 Å². The molecular weight excluding hydrogens is 364 g/mol. The Morgan fingerprint density at radius 1 is 1.19 bits per heavy atom. The summed E-state index contributed by atoms with van der Waals surface area (Å²) in [5, 5.41) is 7.30. The highest BCUT2D eigenvalue weighted by molar-refractivity contribution is 6.31. The number of aryl methyl sites for hydroxylation is 1. The molecular formula is C20H19ClN4O2. The van der Waals surface area contributed by atoms with Crippen LogP contribution in [0, 0.1) is 6.92 Å². The molecule has 0 spiro atoms. The van der Waals surface area contributed by atoms with Crippen molar-refractivity contribution in [3.8, 4) is 5.69 Å². The van der Waals surface area contributed by atoms with Crippen molar-refractivity contribution in [3.63, 3.8) is 0 Å². The summed E-state index contributed by atoms with van der Waals surface area (Å²) >= 11 is 6.22. The lowest BCUT2D eigenvalue weighted by Crippen LogP contribution is -2.25. The number of likely N-dealkylation sites (tertiary alicyclic amines) is 1. The average molecular weight is 383 g/mol. The minimum atomic E-state index is -0.334. The lowest BCUT2D eigenvalue weighted by atomic mass is 10.1. The highest BCUT2D eigenvalue weighted by Crippen LogP contribution is 2.29. The highest BCUT2D eigenvalue weighted by atomic mass is 35.5. The Kier molecular flexibility index (Phi) is 4.58. The second-order valence-electron chi connectivity index (χ2n) is 6.82. The van der Waals surface area contributed by atoms with Crippen LogP contribution in [0.2, 0.25) is 5.02 Å². The Hall–Kier alpha value is -2.86. The Balaban J connectivity index is 1.62. The van der Waals surface area contributed by atoms with E-state index < -0.39 is 0 Å². The van der Waals surface area contributed by atoms with Crippen molar-refractivity contribution in [2.75, 3.05) is 6.54 Å². The molecule has 7 heteroatoms. The molecule has 0 bridgehead atoms. The lowest BCUT2D eigenvalue weighted by Gasteiger charge is -2.17. The smallest absolute Gasteiger partial charge is 0.338 e. The fourth-order valence-electron chi connectivity index (χ4n) is 3.46. The summed E-state index contributed by atoms with van der Waals surface area (Å²) in [7, 11) is 0. The minimum Gasteiger partial charge on any atom is -0.338 e. The van der Waals surface area contributed by atoms with Crippen molar-refractivity contribution in [3.05, 3.63) is 81.0 Å². The third-order valence-electron chi connectivity index (χ3n) is 4.91. The summed E-state index contributed by atoms with van der Waals surface area (Å²) < 4.78 is 1.51. The normalized spacial score (nSPS) is 16.9. The second kappa shape index (κ2) is 7.04. The molecule has 2 aromatic carbocycles. The van der Waals surface area contributed by atoms with E-state index in [0.29, 0.717) is 36.0 Å². The minimum absolute atomic E-state index is 0.0628. The maximum atomic E-state index is 12.5. The van der Waals surface area contributed by atoms with Gasteiger partial charge in [0.25, 0.3) is 0 Å². The van der Waals surface area contributed by atoms with Gasteiger partial charge in [-0.25, -0.2) is 14.5 Å². The van der Waals surface area contributed by atoms with Gasteiger partial charge in [0.05, 0.1) is 5.69 Å². The van der Waals surface area contributed by atoms with Gasteiger partial charge in [-0.1, -0.05) is 48.0 Å². The number of aromatic nitrogens is 3. The van der Waals surface area contributed by atoms with Gasteiger partial charge in [0.1, 0.15) is 5.82 Å². The SMILES string of the molecule is Cc1ccc(-n2c(C3CC(=O)N(Cc4ccccc4)C3)n[nH]c2=O)cc1Cl. The number of carbonyl (C=O) groups is 1. The summed E-state index contributed by atoms with van der Waals surface area (Å²) in [4.78, 5) is 26.7. The van der Waals surface area contributed by atoms with Gasteiger partial charge >= 0.3 is 5.69 Å². The van der Waals surface area contributed by atoms with Crippen LogP contribution < -0.4 is 5.69 Å². The number of amides is 1. The van der Waals surface area contributed by atoms with Gasteiger partial charge < -0.3 is 4.90 Å². The Morgan fingerprint density at radius 3 is 2.70 bits per heavy atom. The first-order chi connectivity index (χ1) is 13.0. The molecule has 6 nitrogen and oxygen atoms in total. The first-order valence-electron chi connectivity index (χ1n) is 8.78. The van der Waals surface area contributed by atoms with E-state index in [2.05, 4.69) is 10.2 Å². The summed E-state index contributed by atoms with van der Waals surface area (Å²) in [6, 6.07) is 15.3. The van der Waals surface area contributed by atoms with Crippen LogP contribution in [0.25, 0.3) is 5.69 Å². The van der Waals surface area contributed by atoms with Crippen molar-refractivity contribution < 1.29 is 4.79 Å². The number of hydrogen-bond acceptors (Lipinski definition) is 3. The maximum absolute atomic E-state index is 12.5. The van der Waals surface area contributed by atoms with Crippen LogP contribution in [0.1, 0.15) is 29.3 Å². The molecule has 3 aromatic rings. The van der Waals surface area contributed by atoms with Crippen molar-refractivity contribution in [2.45, 2.75) is 25.8 Å². The van der Waals surface area contributed by atoms with Crippen LogP contribution >= 0.6 is 11.6 Å². The number of carbonyl (C=O) groups excluding carboxylic acids is 1.